The maximum Gasteiger partial charge on any atom is 0.177 e. The third-order valence-electron chi connectivity index (χ3n) is 2.63. The van der Waals surface area contributed by atoms with E-state index in [9.17, 15) is 4.79 Å². The van der Waals surface area contributed by atoms with Gasteiger partial charge in [-0.3, -0.25) is 4.79 Å². The molecule has 0 spiro atoms. The van der Waals surface area contributed by atoms with Gasteiger partial charge in [0, 0.05) is 20.1 Å². The molecule has 94 valence electrons. The van der Waals surface area contributed by atoms with Crippen LogP contribution in [0.1, 0.15) is 12.5 Å². The van der Waals surface area contributed by atoms with Gasteiger partial charge in [-0.05, 0) is 12.0 Å². The van der Waals surface area contributed by atoms with E-state index in [1.807, 2.05) is 37.3 Å². The number of rotatable bonds is 7. The van der Waals surface area contributed by atoms with Crippen molar-refractivity contribution >= 4 is 14.2 Å². The second kappa shape index (κ2) is 7.54. The van der Waals surface area contributed by atoms with Crippen LogP contribution in [0.3, 0.4) is 0 Å². The van der Waals surface area contributed by atoms with Crippen molar-refractivity contribution in [3.05, 3.63) is 35.9 Å². The van der Waals surface area contributed by atoms with E-state index in [4.69, 9.17) is 9.05 Å². The van der Waals surface area contributed by atoms with Crippen molar-refractivity contribution in [2.24, 2.45) is 5.92 Å². The second-order valence-corrected chi connectivity index (χ2v) is 5.63. The van der Waals surface area contributed by atoms with Gasteiger partial charge in [-0.25, -0.2) is 0 Å². The molecule has 0 heterocycles. The van der Waals surface area contributed by atoms with Crippen LogP contribution in [0.4, 0.5) is 0 Å². The lowest BCUT2D eigenvalue weighted by molar-refractivity contribution is -0.120. The zero-order valence-corrected chi connectivity index (χ0v) is 11.4. The Balaban J connectivity index is 2.47. The van der Waals surface area contributed by atoms with Crippen LogP contribution >= 0.6 is 8.38 Å². The lowest BCUT2D eigenvalue weighted by Crippen LogP contribution is -2.17. The average Bonchev–Trinajstić information content (AvgIpc) is 2.36. The summed E-state index contributed by atoms with van der Waals surface area (Å²) in [4.78, 5) is 11.9. The Morgan fingerprint density at radius 2 is 1.82 bits per heavy atom. The largest absolute Gasteiger partial charge is 0.337 e. The molecule has 3 nitrogen and oxygen atoms in total. The van der Waals surface area contributed by atoms with Gasteiger partial charge in [0.05, 0.1) is 6.16 Å². The normalized spacial score (nSPS) is 12.7. The quantitative estimate of drug-likeness (QED) is 0.701. The minimum atomic E-state index is -1.05. The molecule has 0 radical (unpaired) electrons. The maximum atomic E-state index is 11.9. The summed E-state index contributed by atoms with van der Waals surface area (Å²) in [6, 6.07) is 10.0. The first-order valence-electron chi connectivity index (χ1n) is 5.59. The summed E-state index contributed by atoms with van der Waals surface area (Å²) >= 11 is 0. The third-order valence-corrected chi connectivity index (χ3v) is 4.01. The highest BCUT2D eigenvalue weighted by atomic mass is 31.2. The van der Waals surface area contributed by atoms with Crippen molar-refractivity contribution in [3.8, 4) is 0 Å². The molecule has 1 aromatic rings. The van der Waals surface area contributed by atoms with Crippen LogP contribution in [0.25, 0.3) is 0 Å². The Morgan fingerprint density at radius 3 is 2.35 bits per heavy atom. The van der Waals surface area contributed by atoms with Crippen LogP contribution < -0.4 is 0 Å². The summed E-state index contributed by atoms with van der Waals surface area (Å²) in [5, 5.41) is 0. The molecule has 0 fully saturated rings. The standard InChI is InChI=1S/C13H19O3P/c1-11(9-12-7-5-4-6-8-12)13(14)10-17(15-2)16-3/h4-8,11H,9-10H2,1-3H3. The van der Waals surface area contributed by atoms with E-state index in [1.165, 1.54) is 5.56 Å². The van der Waals surface area contributed by atoms with Gasteiger partial charge in [0.1, 0.15) is 5.78 Å². The number of Topliss-reactive ketones (excluding diaryl/α,β-unsaturated/α-hetero) is 1. The second-order valence-electron chi connectivity index (χ2n) is 3.91. The first kappa shape index (κ1) is 14.3. The molecule has 17 heavy (non-hydrogen) atoms. The highest BCUT2D eigenvalue weighted by Gasteiger charge is 2.19. The highest BCUT2D eigenvalue weighted by Crippen LogP contribution is 2.36. The molecular weight excluding hydrogens is 235 g/mol. The number of hydrogen-bond donors (Lipinski definition) is 0. The predicted octanol–water partition coefficient (Wildman–Crippen LogP) is 3.04. The molecule has 4 heteroatoms. The van der Waals surface area contributed by atoms with Crippen LogP contribution in [0.5, 0.6) is 0 Å². The van der Waals surface area contributed by atoms with Crippen LogP contribution in [-0.4, -0.2) is 26.2 Å². The minimum absolute atomic E-state index is 0.00713. The Hall–Kier alpha value is -0.760. The van der Waals surface area contributed by atoms with Gasteiger partial charge in [-0.2, -0.15) is 0 Å². The van der Waals surface area contributed by atoms with Gasteiger partial charge in [-0.1, -0.05) is 37.3 Å². The summed E-state index contributed by atoms with van der Waals surface area (Å²) < 4.78 is 10.2. The number of benzene rings is 1. The van der Waals surface area contributed by atoms with Crippen LogP contribution in [0, 0.1) is 5.92 Å². The van der Waals surface area contributed by atoms with Gasteiger partial charge < -0.3 is 9.05 Å². The van der Waals surface area contributed by atoms with E-state index in [-0.39, 0.29) is 11.7 Å². The molecule has 0 aliphatic carbocycles. The molecule has 0 saturated carbocycles. The molecule has 0 bridgehead atoms. The molecule has 1 aromatic carbocycles. The predicted molar refractivity (Wildman–Crippen MR) is 70.1 cm³/mol. The summed E-state index contributed by atoms with van der Waals surface area (Å²) in [6.07, 6.45) is 1.15. The summed E-state index contributed by atoms with van der Waals surface area (Å²) in [7, 11) is 2.10. The lowest BCUT2D eigenvalue weighted by atomic mass is 9.98. The minimum Gasteiger partial charge on any atom is -0.337 e. The summed E-state index contributed by atoms with van der Waals surface area (Å²) in [6.45, 7) is 1.95. The molecule has 0 N–H and O–H groups in total. The summed E-state index contributed by atoms with van der Waals surface area (Å²) in [5.41, 5.74) is 1.19. The van der Waals surface area contributed by atoms with Crippen molar-refractivity contribution in [1.29, 1.82) is 0 Å². The number of ketones is 1. The number of hydrogen-bond acceptors (Lipinski definition) is 3. The van der Waals surface area contributed by atoms with E-state index in [0.717, 1.165) is 6.42 Å². The fourth-order valence-corrected chi connectivity index (χ4v) is 2.54. The molecule has 0 saturated heterocycles. The fourth-order valence-electron chi connectivity index (χ4n) is 1.57. The monoisotopic (exact) mass is 254 g/mol. The van der Waals surface area contributed by atoms with Gasteiger partial charge in [-0.15, -0.1) is 0 Å². The SMILES string of the molecule is COP(CC(=O)C(C)Cc1ccccc1)OC. The zero-order chi connectivity index (χ0) is 12.7. The third kappa shape index (κ3) is 4.95. The number of carbonyl (C=O) groups excluding carboxylic acids is 1. The van der Waals surface area contributed by atoms with Gasteiger partial charge in [0.2, 0.25) is 0 Å². The molecule has 1 unspecified atom stereocenters. The first-order valence-corrected chi connectivity index (χ1v) is 6.96. The highest BCUT2D eigenvalue weighted by molar-refractivity contribution is 7.48. The number of carbonyl (C=O) groups is 1. The zero-order valence-electron chi connectivity index (χ0n) is 10.6. The molecular formula is C13H19O3P. The topological polar surface area (TPSA) is 35.5 Å². The Morgan fingerprint density at radius 1 is 1.24 bits per heavy atom. The molecule has 0 amide bonds. The van der Waals surface area contributed by atoms with E-state index in [1.54, 1.807) is 14.2 Å². The van der Waals surface area contributed by atoms with Crippen LogP contribution in [-0.2, 0) is 20.3 Å². The van der Waals surface area contributed by atoms with E-state index >= 15 is 0 Å². The molecule has 1 atom stereocenters. The van der Waals surface area contributed by atoms with Gasteiger partial charge >= 0.3 is 0 Å². The van der Waals surface area contributed by atoms with Crippen molar-refractivity contribution in [1.82, 2.24) is 0 Å². The smallest absolute Gasteiger partial charge is 0.177 e. The van der Waals surface area contributed by atoms with Gasteiger partial charge in [0.25, 0.3) is 0 Å². The molecule has 1 rings (SSSR count). The Bertz CT molecular complexity index is 336. The van der Waals surface area contributed by atoms with E-state index in [0.29, 0.717) is 6.16 Å². The molecule has 0 aliphatic rings. The van der Waals surface area contributed by atoms with Crippen molar-refractivity contribution in [2.75, 3.05) is 20.4 Å². The van der Waals surface area contributed by atoms with E-state index in [2.05, 4.69) is 0 Å². The van der Waals surface area contributed by atoms with E-state index < -0.39 is 8.38 Å². The molecule has 0 aromatic heterocycles. The van der Waals surface area contributed by atoms with Crippen molar-refractivity contribution in [3.63, 3.8) is 0 Å². The average molecular weight is 254 g/mol. The Labute approximate surface area is 104 Å². The molecule has 0 aliphatic heterocycles. The first-order chi connectivity index (χ1) is 8.17. The van der Waals surface area contributed by atoms with Crippen LogP contribution in [0.2, 0.25) is 0 Å². The fraction of sp³-hybridized carbons (Fsp3) is 0.462. The van der Waals surface area contributed by atoms with Gasteiger partial charge in [0.15, 0.2) is 8.38 Å². The maximum absolute atomic E-state index is 11.9. The lowest BCUT2D eigenvalue weighted by Gasteiger charge is -2.15. The Kier molecular flexibility index (Phi) is 6.35. The van der Waals surface area contributed by atoms with Crippen LogP contribution in [0.15, 0.2) is 30.3 Å². The van der Waals surface area contributed by atoms with Crippen molar-refractivity contribution < 1.29 is 13.8 Å². The summed E-state index contributed by atoms with van der Waals surface area (Å²) in [5.74, 6) is 0.205. The van der Waals surface area contributed by atoms with Crippen molar-refractivity contribution in [2.45, 2.75) is 13.3 Å².